The van der Waals surface area contributed by atoms with Gasteiger partial charge in [-0.05, 0) is 39.7 Å². The molecule has 0 radical (unpaired) electrons. The second-order valence-corrected chi connectivity index (χ2v) is 4.94. The topological polar surface area (TPSA) is 82.3 Å². The first-order chi connectivity index (χ1) is 9.56. The molecule has 2 N–H and O–H groups in total. The van der Waals surface area contributed by atoms with Gasteiger partial charge in [0.2, 0.25) is 5.91 Å². The molecule has 102 valence electrons. The molecule has 2 aromatic rings. The van der Waals surface area contributed by atoms with Gasteiger partial charge in [-0.1, -0.05) is 12.1 Å². The van der Waals surface area contributed by atoms with Crippen molar-refractivity contribution in [2.45, 2.75) is 6.61 Å². The quantitative estimate of drug-likeness (QED) is 0.869. The largest absolute Gasteiger partial charge is 0.457 e. The molecule has 0 aliphatic carbocycles. The van der Waals surface area contributed by atoms with Crippen molar-refractivity contribution in [3.05, 3.63) is 63.9 Å². The SMILES string of the molecule is NC(=O)c1ccc(COC(=O)c2cncc(Br)c2)cc1. The fraction of sp³-hybridized carbons (Fsp3) is 0.0714. The number of hydrogen-bond acceptors (Lipinski definition) is 4. The van der Waals surface area contributed by atoms with Crippen molar-refractivity contribution >= 4 is 27.8 Å². The first-order valence-corrected chi connectivity index (χ1v) is 6.52. The zero-order chi connectivity index (χ0) is 14.5. The molecule has 5 nitrogen and oxygen atoms in total. The van der Waals surface area contributed by atoms with Gasteiger partial charge in [0.05, 0.1) is 5.56 Å². The summed E-state index contributed by atoms with van der Waals surface area (Å²) in [5.41, 5.74) is 6.69. The second-order valence-electron chi connectivity index (χ2n) is 4.03. The third-order valence-corrected chi connectivity index (χ3v) is 2.98. The van der Waals surface area contributed by atoms with Gasteiger partial charge in [0.25, 0.3) is 0 Å². The Balaban J connectivity index is 1.98. The lowest BCUT2D eigenvalue weighted by Crippen LogP contribution is -2.11. The number of pyridine rings is 1. The van der Waals surface area contributed by atoms with Gasteiger partial charge in [0, 0.05) is 22.4 Å². The third-order valence-electron chi connectivity index (χ3n) is 2.55. The van der Waals surface area contributed by atoms with E-state index in [-0.39, 0.29) is 6.61 Å². The number of primary amides is 1. The predicted octanol–water partition coefficient (Wildman–Crippen LogP) is 2.30. The van der Waals surface area contributed by atoms with Crippen molar-refractivity contribution in [1.29, 1.82) is 0 Å². The molecule has 0 saturated heterocycles. The number of esters is 1. The van der Waals surface area contributed by atoms with E-state index in [2.05, 4.69) is 20.9 Å². The van der Waals surface area contributed by atoms with Crippen LogP contribution in [0, 0.1) is 0 Å². The highest BCUT2D eigenvalue weighted by atomic mass is 79.9. The Labute approximate surface area is 123 Å². The molecule has 1 amide bonds. The summed E-state index contributed by atoms with van der Waals surface area (Å²) in [7, 11) is 0. The molecule has 2 rings (SSSR count). The van der Waals surface area contributed by atoms with Crippen molar-refractivity contribution in [2.24, 2.45) is 5.73 Å². The molecular formula is C14H11BrN2O3. The highest BCUT2D eigenvalue weighted by molar-refractivity contribution is 9.10. The molecule has 0 aliphatic rings. The van der Waals surface area contributed by atoms with Gasteiger partial charge in [-0.25, -0.2) is 4.79 Å². The monoisotopic (exact) mass is 334 g/mol. The van der Waals surface area contributed by atoms with Crippen molar-refractivity contribution in [3.63, 3.8) is 0 Å². The van der Waals surface area contributed by atoms with E-state index in [1.165, 1.54) is 6.20 Å². The Bertz CT molecular complexity index is 641. The molecule has 0 unspecified atom stereocenters. The second kappa shape index (κ2) is 6.29. The maximum atomic E-state index is 11.8. The molecule has 0 bridgehead atoms. The summed E-state index contributed by atoms with van der Waals surface area (Å²) in [6.07, 6.45) is 3.02. The van der Waals surface area contributed by atoms with Gasteiger partial charge < -0.3 is 10.5 Å². The summed E-state index contributed by atoms with van der Waals surface area (Å²) in [5, 5.41) is 0. The number of halogens is 1. The Morgan fingerprint density at radius 2 is 1.85 bits per heavy atom. The van der Waals surface area contributed by atoms with E-state index in [1.54, 1.807) is 36.5 Å². The van der Waals surface area contributed by atoms with Crippen LogP contribution >= 0.6 is 15.9 Å². The molecule has 6 heteroatoms. The Hall–Kier alpha value is -2.21. The zero-order valence-electron chi connectivity index (χ0n) is 10.4. The smallest absolute Gasteiger partial charge is 0.340 e. The molecule has 0 atom stereocenters. The molecule has 0 fully saturated rings. The van der Waals surface area contributed by atoms with Gasteiger partial charge in [0.1, 0.15) is 6.61 Å². The van der Waals surface area contributed by atoms with Crippen molar-refractivity contribution in [2.75, 3.05) is 0 Å². The van der Waals surface area contributed by atoms with Gasteiger partial charge >= 0.3 is 5.97 Å². The fourth-order valence-electron chi connectivity index (χ4n) is 1.52. The first-order valence-electron chi connectivity index (χ1n) is 5.72. The van der Waals surface area contributed by atoms with E-state index >= 15 is 0 Å². The van der Waals surface area contributed by atoms with Gasteiger partial charge in [0.15, 0.2) is 0 Å². The lowest BCUT2D eigenvalue weighted by Gasteiger charge is -2.05. The number of nitrogens with zero attached hydrogens (tertiary/aromatic N) is 1. The normalized spacial score (nSPS) is 10.1. The minimum atomic E-state index is -0.492. The van der Waals surface area contributed by atoms with Gasteiger partial charge in [-0.15, -0.1) is 0 Å². The number of amides is 1. The van der Waals surface area contributed by atoms with Crippen LogP contribution in [-0.2, 0) is 11.3 Å². The molecular weight excluding hydrogens is 324 g/mol. The van der Waals surface area contributed by atoms with E-state index in [0.29, 0.717) is 15.6 Å². The van der Waals surface area contributed by atoms with Crippen LogP contribution in [0.25, 0.3) is 0 Å². The Morgan fingerprint density at radius 3 is 2.45 bits per heavy atom. The summed E-state index contributed by atoms with van der Waals surface area (Å²) >= 11 is 3.23. The van der Waals surface area contributed by atoms with E-state index in [9.17, 15) is 9.59 Å². The number of aromatic nitrogens is 1. The average molecular weight is 335 g/mol. The predicted molar refractivity (Wildman–Crippen MR) is 76.0 cm³/mol. The van der Waals surface area contributed by atoms with E-state index in [4.69, 9.17) is 10.5 Å². The summed E-state index contributed by atoms with van der Waals surface area (Å²) in [6.45, 7) is 0.115. The van der Waals surface area contributed by atoms with Crippen LogP contribution in [0.4, 0.5) is 0 Å². The molecule has 20 heavy (non-hydrogen) atoms. The lowest BCUT2D eigenvalue weighted by molar-refractivity contribution is 0.0472. The summed E-state index contributed by atoms with van der Waals surface area (Å²) in [5.74, 6) is -0.952. The molecule has 0 saturated carbocycles. The standard InChI is InChI=1S/C14H11BrN2O3/c15-12-5-11(6-17-7-12)14(19)20-8-9-1-3-10(4-2-9)13(16)18/h1-7H,8H2,(H2,16,18). The fourth-order valence-corrected chi connectivity index (χ4v) is 1.89. The molecule has 1 heterocycles. The minimum Gasteiger partial charge on any atom is -0.457 e. The van der Waals surface area contributed by atoms with Crippen LogP contribution in [-0.4, -0.2) is 16.9 Å². The number of nitrogens with two attached hydrogens (primary N) is 1. The van der Waals surface area contributed by atoms with Crippen molar-refractivity contribution < 1.29 is 14.3 Å². The summed E-state index contributed by atoms with van der Waals surface area (Å²) in [6, 6.07) is 8.18. The van der Waals surface area contributed by atoms with Crippen LogP contribution in [0.2, 0.25) is 0 Å². The summed E-state index contributed by atoms with van der Waals surface area (Å²) < 4.78 is 5.86. The molecule has 0 spiro atoms. The van der Waals surface area contributed by atoms with E-state index in [0.717, 1.165) is 5.56 Å². The van der Waals surface area contributed by atoms with E-state index < -0.39 is 11.9 Å². The Morgan fingerprint density at radius 1 is 1.15 bits per heavy atom. The van der Waals surface area contributed by atoms with Crippen LogP contribution in [0.3, 0.4) is 0 Å². The van der Waals surface area contributed by atoms with E-state index in [1.807, 2.05) is 0 Å². The van der Waals surface area contributed by atoms with Crippen molar-refractivity contribution in [3.8, 4) is 0 Å². The lowest BCUT2D eigenvalue weighted by atomic mass is 10.1. The highest BCUT2D eigenvalue weighted by Crippen LogP contribution is 2.12. The Kier molecular flexibility index (Phi) is 4.47. The molecule has 0 aliphatic heterocycles. The molecule has 1 aromatic heterocycles. The number of ether oxygens (including phenoxy) is 1. The number of hydrogen-bond donors (Lipinski definition) is 1. The van der Waals surface area contributed by atoms with Crippen LogP contribution in [0.15, 0.2) is 47.2 Å². The number of benzene rings is 1. The van der Waals surface area contributed by atoms with Gasteiger partial charge in [-0.3, -0.25) is 9.78 Å². The average Bonchev–Trinajstić information content (AvgIpc) is 2.45. The number of rotatable bonds is 4. The molecule has 1 aromatic carbocycles. The van der Waals surface area contributed by atoms with Crippen molar-refractivity contribution in [1.82, 2.24) is 4.98 Å². The summed E-state index contributed by atoms with van der Waals surface area (Å²) in [4.78, 5) is 26.6. The van der Waals surface area contributed by atoms with Gasteiger partial charge in [-0.2, -0.15) is 0 Å². The third kappa shape index (κ3) is 3.64. The van der Waals surface area contributed by atoms with Crippen LogP contribution in [0.1, 0.15) is 26.3 Å². The first kappa shape index (κ1) is 14.2. The minimum absolute atomic E-state index is 0.115. The number of carbonyl (C=O) groups excluding carboxylic acids is 2. The maximum Gasteiger partial charge on any atom is 0.340 e. The number of carbonyl (C=O) groups is 2. The van der Waals surface area contributed by atoms with Crippen LogP contribution in [0.5, 0.6) is 0 Å². The van der Waals surface area contributed by atoms with Crippen LogP contribution < -0.4 is 5.73 Å². The zero-order valence-corrected chi connectivity index (χ0v) is 12.0. The maximum absolute atomic E-state index is 11.8. The highest BCUT2D eigenvalue weighted by Gasteiger charge is 2.08.